The van der Waals surface area contributed by atoms with Crippen molar-refractivity contribution in [1.82, 2.24) is 5.32 Å². The molecule has 0 spiro atoms. The highest BCUT2D eigenvalue weighted by Crippen LogP contribution is 2.26. The number of hydrogen-bond donors (Lipinski definition) is 3. The fraction of sp³-hybridized carbons (Fsp3) is 0.312. The minimum atomic E-state index is -0.354. The van der Waals surface area contributed by atoms with Gasteiger partial charge in [0.25, 0.3) is 0 Å². The van der Waals surface area contributed by atoms with Gasteiger partial charge in [0.2, 0.25) is 0 Å². The second-order valence-corrected chi connectivity index (χ2v) is 5.74. The zero-order valence-electron chi connectivity index (χ0n) is 12.0. The minimum absolute atomic E-state index is 0.248. The third-order valence-electron chi connectivity index (χ3n) is 3.16. The maximum Gasteiger partial charge on any atom is 0.319 e. The molecule has 1 unspecified atom stereocenters. The van der Waals surface area contributed by atoms with Gasteiger partial charge in [-0.25, -0.2) is 4.79 Å². The standard InChI is InChI=1S/C16H20N2O2S/c1-2-14(19)8-9-17-16(20)18-13-6-3-5-12(11-13)15-7-4-10-21-15/h3-7,10-11,14,19H,2,8-9H2,1H3,(H2,17,18,20). The number of hydrogen-bond acceptors (Lipinski definition) is 3. The number of urea groups is 1. The van der Waals surface area contributed by atoms with Crippen LogP contribution in [0.2, 0.25) is 0 Å². The monoisotopic (exact) mass is 304 g/mol. The van der Waals surface area contributed by atoms with Gasteiger partial charge < -0.3 is 15.7 Å². The van der Waals surface area contributed by atoms with E-state index >= 15 is 0 Å². The Kier molecular flexibility index (Phi) is 5.78. The first-order valence-electron chi connectivity index (χ1n) is 7.06. The summed E-state index contributed by atoms with van der Waals surface area (Å²) in [6, 6.07) is 11.6. The summed E-state index contributed by atoms with van der Waals surface area (Å²) in [7, 11) is 0. The van der Waals surface area contributed by atoms with Gasteiger partial charge in [-0.2, -0.15) is 0 Å². The number of aliphatic hydroxyl groups is 1. The number of rotatable bonds is 6. The van der Waals surface area contributed by atoms with Crippen LogP contribution in [0.15, 0.2) is 41.8 Å². The van der Waals surface area contributed by atoms with E-state index in [1.807, 2.05) is 42.6 Å². The molecule has 0 aliphatic carbocycles. The first-order chi connectivity index (χ1) is 10.2. The molecule has 0 saturated carbocycles. The van der Waals surface area contributed by atoms with E-state index in [9.17, 15) is 9.90 Å². The molecular weight excluding hydrogens is 284 g/mol. The van der Waals surface area contributed by atoms with Crippen molar-refractivity contribution >= 4 is 23.1 Å². The second kappa shape index (κ2) is 7.81. The number of carbonyl (C=O) groups excluding carboxylic acids is 1. The molecule has 1 atom stereocenters. The van der Waals surface area contributed by atoms with Crippen LogP contribution < -0.4 is 10.6 Å². The number of thiophene rings is 1. The van der Waals surface area contributed by atoms with Gasteiger partial charge in [-0.1, -0.05) is 25.1 Å². The first-order valence-corrected chi connectivity index (χ1v) is 7.94. The molecule has 0 aliphatic rings. The molecule has 0 fully saturated rings. The van der Waals surface area contributed by atoms with E-state index in [1.165, 1.54) is 4.88 Å². The molecule has 1 heterocycles. The summed E-state index contributed by atoms with van der Waals surface area (Å²) in [5.41, 5.74) is 1.85. The molecule has 0 aliphatic heterocycles. The van der Waals surface area contributed by atoms with E-state index in [1.54, 1.807) is 11.3 Å². The molecule has 1 aromatic carbocycles. The molecular formula is C16H20N2O2S. The Bertz CT molecular complexity index is 569. The maximum absolute atomic E-state index is 11.8. The number of anilines is 1. The van der Waals surface area contributed by atoms with E-state index in [2.05, 4.69) is 16.7 Å². The van der Waals surface area contributed by atoms with Gasteiger partial charge in [-0.3, -0.25) is 0 Å². The minimum Gasteiger partial charge on any atom is -0.393 e. The molecule has 21 heavy (non-hydrogen) atoms. The number of nitrogens with one attached hydrogen (secondary N) is 2. The van der Waals surface area contributed by atoms with Gasteiger partial charge in [0.1, 0.15) is 0 Å². The van der Waals surface area contributed by atoms with Gasteiger partial charge in [0.15, 0.2) is 0 Å². The second-order valence-electron chi connectivity index (χ2n) is 4.79. The van der Waals surface area contributed by atoms with Crippen molar-refractivity contribution in [2.24, 2.45) is 0 Å². The van der Waals surface area contributed by atoms with E-state index < -0.39 is 0 Å². The smallest absolute Gasteiger partial charge is 0.319 e. The van der Waals surface area contributed by atoms with Crippen LogP contribution in [0.5, 0.6) is 0 Å². The maximum atomic E-state index is 11.8. The van der Waals surface area contributed by atoms with E-state index in [-0.39, 0.29) is 12.1 Å². The fourth-order valence-corrected chi connectivity index (χ4v) is 2.65. The molecule has 3 N–H and O–H groups in total. The third-order valence-corrected chi connectivity index (χ3v) is 4.08. The van der Waals surface area contributed by atoms with Crippen molar-refractivity contribution in [2.45, 2.75) is 25.9 Å². The lowest BCUT2D eigenvalue weighted by molar-refractivity contribution is 0.160. The summed E-state index contributed by atoms with van der Waals surface area (Å²) < 4.78 is 0. The molecule has 2 rings (SSSR count). The molecule has 2 aromatic rings. The Balaban J connectivity index is 1.88. The lowest BCUT2D eigenvalue weighted by atomic mass is 10.1. The first kappa shape index (κ1) is 15.5. The Morgan fingerprint density at radius 3 is 2.90 bits per heavy atom. The topological polar surface area (TPSA) is 61.4 Å². The summed E-state index contributed by atoms with van der Waals surface area (Å²) in [5.74, 6) is 0. The van der Waals surface area contributed by atoms with Crippen LogP contribution >= 0.6 is 11.3 Å². The van der Waals surface area contributed by atoms with Gasteiger partial charge in [0, 0.05) is 17.1 Å². The molecule has 0 radical (unpaired) electrons. The summed E-state index contributed by atoms with van der Waals surface area (Å²) >= 11 is 1.67. The van der Waals surface area contributed by atoms with E-state index in [4.69, 9.17) is 0 Å². The lowest BCUT2D eigenvalue weighted by Crippen LogP contribution is -2.31. The zero-order valence-corrected chi connectivity index (χ0v) is 12.8. The summed E-state index contributed by atoms with van der Waals surface area (Å²) in [4.78, 5) is 13.0. The predicted octanol–water partition coefficient (Wildman–Crippen LogP) is 3.70. The van der Waals surface area contributed by atoms with Crippen LogP contribution in [0.25, 0.3) is 10.4 Å². The highest BCUT2D eigenvalue weighted by atomic mass is 32.1. The van der Waals surface area contributed by atoms with Crippen LogP contribution in [0.1, 0.15) is 19.8 Å². The third kappa shape index (κ3) is 4.88. The van der Waals surface area contributed by atoms with Crippen LogP contribution in [-0.4, -0.2) is 23.8 Å². The van der Waals surface area contributed by atoms with E-state index in [0.717, 1.165) is 11.3 Å². The quantitative estimate of drug-likeness (QED) is 0.762. The highest BCUT2D eigenvalue weighted by Gasteiger charge is 2.05. The van der Waals surface area contributed by atoms with Crippen molar-refractivity contribution in [3.8, 4) is 10.4 Å². The lowest BCUT2D eigenvalue weighted by Gasteiger charge is -2.10. The average Bonchev–Trinajstić information content (AvgIpc) is 3.01. The summed E-state index contributed by atoms with van der Waals surface area (Å²) in [6.07, 6.45) is 0.915. The summed E-state index contributed by atoms with van der Waals surface area (Å²) in [5, 5.41) is 17.0. The van der Waals surface area contributed by atoms with Crippen LogP contribution in [0.4, 0.5) is 10.5 Å². The van der Waals surface area contributed by atoms with Crippen LogP contribution in [0, 0.1) is 0 Å². The molecule has 4 nitrogen and oxygen atoms in total. The molecule has 1 aromatic heterocycles. The Labute approximate surface area is 128 Å². The summed E-state index contributed by atoms with van der Waals surface area (Å²) in [6.45, 7) is 2.38. The van der Waals surface area contributed by atoms with Crippen molar-refractivity contribution < 1.29 is 9.90 Å². The predicted molar refractivity (Wildman–Crippen MR) is 87.7 cm³/mol. The van der Waals surface area contributed by atoms with Crippen molar-refractivity contribution in [3.63, 3.8) is 0 Å². The SMILES string of the molecule is CCC(O)CCNC(=O)Nc1cccc(-c2cccs2)c1. The molecule has 2 amide bonds. The average molecular weight is 304 g/mol. The fourth-order valence-electron chi connectivity index (χ4n) is 1.92. The van der Waals surface area contributed by atoms with Gasteiger partial charge in [-0.05, 0) is 42.0 Å². The van der Waals surface area contributed by atoms with Crippen molar-refractivity contribution in [1.29, 1.82) is 0 Å². The van der Waals surface area contributed by atoms with Crippen LogP contribution in [-0.2, 0) is 0 Å². The Morgan fingerprint density at radius 2 is 2.19 bits per heavy atom. The largest absolute Gasteiger partial charge is 0.393 e. The normalized spacial score (nSPS) is 11.9. The number of carbonyl (C=O) groups is 1. The van der Waals surface area contributed by atoms with E-state index in [0.29, 0.717) is 19.4 Å². The number of amides is 2. The van der Waals surface area contributed by atoms with Crippen LogP contribution in [0.3, 0.4) is 0 Å². The van der Waals surface area contributed by atoms with Gasteiger partial charge in [-0.15, -0.1) is 11.3 Å². The highest BCUT2D eigenvalue weighted by molar-refractivity contribution is 7.13. The Morgan fingerprint density at radius 1 is 1.33 bits per heavy atom. The van der Waals surface area contributed by atoms with Crippen molar-refractivity contribution in [3.05, 3.63) is 41.8 Å². The molecule has 0 bridgehead atoms. The zero-order chi connectivity index (χ0) is 15.1. The Hall–Kier alpha value is -1.85. The molecule has 0 saturated heterocycles. The number of aliphatic hydroxyl groups excluding tert-OH is 1. The molecule has 5 heteroatoms. The molecule has 112 valence electrons. The van der Waals surface area contributed by atoms with Gasteiger partial charge in [0.05, 0.1) is 6.10 Å². The van der Waals surface area contributed by atoms with Gasteiger partial charge >= 0.3 is 6.03 Å². The number of benzene rings is 1. The van der Waals surface area contributed by atoms with Crippen molar-refractivity contribution in [2.75, 3.05) is 11.9 Å².